The summed E-state index contributed by atoms with van der Waals surface area (Å²) in [6, 6.07) is 12.7. The first-order chi connectivity index (χ1) is 12.7. The molecular weight excluding hydrogens is 370 g/mol. The summed E-state index contributed by atoms with van der Waals surface area (Å²) in [6.07, 6.45) is -1.13. The lowest BCUT2D eigenvalue weighted by Crippen LogP contribution is -2.37. The standard InChI is InChI=1S/C19H21NO6S/c1-13-3-9-16(10-4-13)27(24,25)12-14-5-7-15(8-6-14)18(21)20-11-17(26-2)19(22)23/h3-10,17H,11-12H2,1-2H3,(H,20,21)(H,22,23). The highest BCUT2D eigenvalue weighted by molar-refractivity contribution is 7.90. The van der Waals surface area contributed by atoms with Gasteiger partial charge in [0, 0.05) is 12.7 Å². The second-order valence-corrected chi connectivity index (χ2v) is 8.03. The molecule has 144 valence electrons. The number of hydrogen-bond donors (Lipinski definition) is 2. The fourth-order valence-corrected chi connectivity index (χ4v) is 3.71. The van der Waals surface area contributed by atoms with Crippen LogP contribution < -0.4 is 5.32 Å². The van der Waals surface area contributed by atoms with Gasteiger partial charge in [-0.2, -0.15) is 0 Å². The minimum Gasteiger partial charge on any atom is -0.479 e. The molecule has 2 N–H and O–H groups in total. The third kappa shape index (κ3) is 5.63. The number of aryl methyl sites for hydroxylation is 1. The van der Waals surface area contributed by atoms with E-state index < -0.39 is 27.8 Å². The highest BCUT2D eigenvalue weighted by Gasteiger charge is 2.18. The molecule has 2 aromatic carbocycles. The third-order valence-electron chi connectivity index (χ3n) is 3.96. The average Bonchev–Trinajstić information content (AvgIpc) is 2.62. The number of sulfone groups is 1. The van der Waals surface area contributed by atoms with Crippen LogP contribution in [0.5, 0.6) is 0 Å². The van der Waals surface area contributed by atoms with Crippen LogP contribution in [0.2, 0.25) is 0 Å². The van der Waals surface area contributed by atoms with Crippen molar-refractivity contribution in [3.05, 3.63) is 65.2 Å². The number of carbonyl (C=O) groups excluding carboxylic acids is 1. The van der Waals surface area contributed by atoms with Crippen LogP contribution in [0.3, 0.4) is 0 Å². The Bertz CT molecular complexity index is 904. The van der Waals surface area contributed by atoms with Crippen molar-refractivity contribution in [1.29, 1.82) is 0 Å². The molecule has 2 rings (SSSR count). The molecule has 0 radical (unpaired) electrons. The minimum atomic E-state index is -3.48. The molecule has 1 amide bonds. The number of aliphatic carboxylic acids is 1. The van der Waals surface area contributed by atoms with E-state index in [1.807, 2.05) is 6.92 Å². The maximum Gasteiger partial charge on any atom is 0.334 e. The number of ether oxygens (including phenoxy) is 1. The monoisotopic (exact) mass is 391 g/mol. The van der Waals surface area contributed by atoms with Gasteiger partial charge in [0.1, 0.15) is 0 Å². The fourth-order valence-electron chi connectivity index (χ4n) is 2.36. The molecule has 0 spiro atoms. The fraction of sp³-hybridized carbons (Fsp3) is 0.263. The molecule has 0 aliphatic heterocycles. The lowest BCUT2D eigenvalue weighted by molar-refractivity contribution is -0.148. The normalized spacial score (nSPS) is 12.4. The molecule has 0 bridgehead atoms. The zero-order valence-corrected chi connectivity index (χ0v) is 15.8. The molecule has 0 fully saturated rings. The Morgan fingerprint density at radius 3 is 2.19 bits per heavy atom. The smallest absolute Gasteiger partial charge is 0.334 e. The summed E-state index contributed by atoms with van der Waals surface area (Å²) in [5.41, 5.74) is 1.82. The molecule has 0 saturated heterocycles. The maximum absolute atomic E-state index is 12.5. The predicted molar refractivity (Wildman–Crippen MR) is 99.3 cm³/mol. The Hall–Kier alpha value is -2.71. The summed E-state index contributed by atoms with van der Waals surface area (Å²) in [4.78, 5) is 23.2. The first-order valence-corrected chi connectivity index (χ1v) is 9.80. The Labute approximate surface area is 157 Å². The van der Waals surface area contributed by atoms with E-state index in [9.17, 15) is 18.0 Å². The quantitative estimate of drug-likeness (QED) is 0.710. The number of amides is 1. The van der Waals surface area contributed by atoms with Crippen molar-refractivity contribution in [2.75, 3.05) is 13.7 Å². The molecule has 8 heteroatoms. The summed E-state index contributed by atoms with van der Waals surface area (Å²) in [7, 11) is -2.24. The Kier molecular flexibility index (Phi) is 6.70. The van der Waals surface area contributed by atoms with Gasteiger partial charge in [0.25, 0.3) is 5.91 Å². The summed E-state index contributed by atoms with van der Waals surface area (Å²) in [5, 5.41) is 11.3. The molecule has 0 aliphatic carbocycles. The second-order valence-electron chi connectivity index (χ2n) is 6.04. The number of carboxylic acid groups (broad SMARTS) is 1. The van der Waals surface area contributed by atoms with Gasteiger partial charge < -0.3 is 15.2 Å². The van der Waals surface area contributed by atoms with Gasteiger partial charge in [0.2, 0.25) is 0 Å². The van der Waals surface area contributed by atoms with E-state index in [1.54, 1.807) is 36.4 Å². The zero-order valence-electron chi connectivity index (χ0n) is 15.0. The lowest BCUT2D eigenvalue weighted by atomic mass is 10.1. The molecule has 7 nitrogen and oxygen atoms in total. The van der Waals surface area contributed by atoms with Crippen LogP contribution in [0.4, 0.5) is 0 Å². The molecule has 1 atom stereocenters. The van der Waals surface area contributed by atoms with Crippen LogP contribution in [0.15, 0.2) is 53.4 Å². The molecule has 0 aliphatic rings. The Balaban J connectivity index is 2.03. The van der Waals surface area contributed by atoms with E-state index in [2.05, 4.69) is 5.32 Å². The molecule has 0 aromatic heterocycles. The number of carboxylic acids is 1. The summed E-state index contributed by atoms with van der Waals surface area (Å²) in [5.74, 6) is -1.82. The highest BCUT2D eigenvalue weighted by atomic mass is 32.2. The van der Waals surface area contributed by atoms with E-state index in [0.717, 1.165) is 5.56 Å². The van der Waals surface area contributed by atoms with Gasteiger partial charge >= 0.3 is 5.97 Å². The summed E-state index contributed by atoms with van der Waals surface area (Å²) in [6.45, 7) is 1.71. The van der Waals surface area contributed by atoms with Crippen molar-refractivity contribution in [3.8, 4) is 0 Å². The van der Waals surface area contributed by atoms with Gasteiger partial charge in [-0.25, -0.2) is 13.2 Å². The summed E-state index contributed by atoms with van der Waals surface area (Å²) >= 11 is 0. The van der Waals surface area contributed by atoms with Gasteiger partial charge in [-0.1, -0.05) is 29.8 Å². The predicted octanol–water partition coefficient (Wildman–Crippen LogP) is 1.80. The van der Waals surface area contributed by atoms with Gasteiger partial charge in [-0.05, 0) is 36.8 Å². The van der Waals surface area contributed by atoms with Gasteiger partial charge in [-0.3, -0.25) is 4.79 Å². The van der Waals surface area contributed by atoms with Crippen molar-refractivity contribution >= 4 is 21.7 Å². The van der Waals surface area contributed by atoms with Crippen LogP contribution in [-0.2, 0) is 25.1 Å². The molecule has 0 saturated carbocycles. The van der Waals surface area contributed by atoms with Crippen molar-refractivity contribution in [2.45, 2.75) is 23.7 Å². The van der Waals surface area contributed by atoms with Crippen LogP contribution in [-0.4, -0.2) is 45.2 Å². The van der Waals surface area contributed by atoms with Crippen LogP contribution in [0.1, 0.15) is 21.5 Å². The van der Waals surface area contributed by atoms with Crippen molar-refractivity contribution in [3.63, 3.8) is 0 Å². The van der Waals surface area contributed by atoms with E-state index >= 15 is 0 Å². The molecule has 0 heterocycles. The number of nitrogens with one attached hydrogen (secondary N) is 1. The minimum absolute atomic E-state index is 0.172. The van der Waals surface area contributed by atoms with Crippen molar-refractivity contribution in [1.82, 2.24) is 5.32 Å². The largest absolute Gasteiger partial charge is 0.479 e. The van der Waals surface area contributed by atoms with Gasteiger partial charge in [-0.15, -0.1) is 0 Å². The second kappa shape index (κ2) is 8.79. The molecule has 1 unspecified atom stereocenters. The average molecular weight is 391 g/mol. The molecule has 2 aromatic rings. The Morgan fingerprint density at radius 1 is 1.07 bits per heavy atom. The summed E-state index contributed by atoms with van der Waals surface area (Å²) < 4.78 is 29.7. The van der Waals surface area contributed by atoms with Gasteiger partial charge in [0.15, 0.2) is 15.9 Å². The number of benzene rings is 2. The van der Waals surface area contributed by atoms with Crippen LogP contribution in [0, 0.1) is 6.92 Å². The maximum atomic E-state index is 12.5. The zero-order chi connectivity index (χ0) is 20.0. The lowest BCUT2D eigenvalue weighted by Gasteiger charge is -2.11. The Morgan fingerprint density at radius 2 is 1.67 bits per heavy atom. The van der Waals surface area contributed by atoms with E-state index in [-0.39, 0.29) is 17.2 Å². The first kappa shape index (κ1) is 20.6. The highest BCUT2D eigenvalue weighted by Crippen LogP contribution is 2.17. The van der Waals surface area contributed by atoms with E-state index in [0.29, 0.717) is 11.1 Å². The first-order valence-electron chi connectivity index (χ1n) is 8.15. The van der Waals surface area contributed by atoms with E-state index in [1.165, 1.54) is 19.2 Å². The van der Waals surface area contributed by atoms with E-state index in [4.69, 9.17) is 9.84 Å². The molecular formula is C19H21NO6S. The van der Waals surface area contributed by atoms with Crippen LogP contribution >= 0.6 is 0 Å². The SMILES string of the molecule is COC(CNC(=O)c1ccc(CS(=O)(=O)c2ccc(C)cc2)cc1)C(=O)O. The number of rotatable bonds is 8. The van der Waals surface area contributed by atoms with Gasteiger partial charge in [0.05, 0.1) is 17.2 Å². The molecule has 27 heavy (non-hydrogen) atoms. The number of methoxy groups -OCH3 is 1. The third-order valence-corrected chi connectivity index (χ3v) is 5.66. The van der Waals surface area contributed by atoms with Crippen molar-refractivity contribution < 1.29 is 27.9 Å². The topological polar surface area (TPSA) is 110 Å². The van der Waals surface area contributed by atoms with Crippen molar-refractivity contribution in [2.24, 2.45) is 0 Å². The number of hydrogen-bond acceptors (Lipinski definition) is 5. The number of carbonyl (C=O) groups is 2. The van der Waals surface area contributed by atoms with Crippen LogP contribution in [0.25, 0.3) is 0 Å².